The smallest absolute Gasteiger partial charge is 0.271 e. The Hall–Kier alpha value is -2.49. The first-order valence-corrected chi connectivity index (χ1v) is 8.82. The number of carbonyl (C=O) groups excluding carboxylic acids is 2. The Morgan fingerprint density at radius 2 is 2.24 bits per heavy atom. The Morgan fingerprint density at radius 3 is 2.92 bits per heavy atom. The molecule has 1 unspecified atom stereocenters. The number of anilines is 2. The Kier molecular flexibility index (Phi) is 4.98. The average Bonchev–Trinajstić information content (AvgIpc) is 2.97. The number of amides is 2. The zero-order valence-corrected chi connectivity index (χ0v) is 14.5. The molecule has 0 aliphatic carbocycles. The van der Waals surface area contributed by atoms with Crippen molar-refractivity contribution in [1.29, 1.82) is 5.26 Å². The van der Waals surface area contributed by atoms with Crippen LogP contribution in [0.25, 0.3) is 0 Å². The minimum Gasteiger partial charge on any atom is -0.384 e. The molecule has 3 rings (SSSR count). The van der Waals surface area contributed by atoms with Crippen LogP contribution in [0.3, 0.4) is 0 Å². The standard InChI is InChI=1S/C18H23BN4O2/c1-18(5-4-17(25)22-13-24)11-21-16-10-14(2-3-15(16)18)23-8-6-19(12-20)7-9-23/h2-3,10,13,21H,4-9,11H2,1H3,(H,22,24,25). The second kappa shape index (κ2) is 7.18. The molecular formula is C18H23BN4O2. The minimum atomic E-state index is -0.235. The van der Waals surface area contributed by atoms with Crippen molar-refractivity contribution in [1.82, 2.24) is 5.32 Å². The van der Waals surface area contributed by atoms with Crippen molar-refractivity contribution in [3.8, 4) is 5.97 Å². The van der Waals surface area contributed by atoms with Gasteiger partial charge in [-0.1, -0.05) is 13.0 Å². The number of imide groups is 1. The van der Waals surface area contributed by atoms with E-state index < -0.39 is 0 Å². The van der Waals surface area contributed by atoms with Crippen LogP contribution in [0.4, 0.5) is 11.4 Å². The van der Waals surface area contributed by atoms with E-state index in [4.69, 9.17) is 5.26 Å². The van der Waals surface area contributed by atoms with Gasteiger partial charge in [0.15, 0.2) is 0 Å². The summed E-state index contributed by atoms with van der Waals surface area (Å²) in [7, 11) is 0. The van der Waals surface area contributed by atoms with Gasteiger partial charge in [-0.2, -0.15) is 0 Å². The Balaban J connectivity index is 1.69. The molecule has 2 aliphatic rings. The molecule has 130 valence electrons. The zero-order valence-electron chi connectivity index (χ0n) is 14.5. The molecule has 0 aromatic heterocycles. The fourth-order valence-corrected chi connectivity index (χ4v) is 3.80. The van der Waals surface area contributed by atoms with Crippen molar-refractivity contribution in [3.63, 3.8) is 0 Å². The first kappa shape index (κ1) is 17.3. The van der Waals surface area contributed by atoms with Gasteiger partial charge in [0.2, 0.25) is 12.3 Å². The summed E-state index contributed by atoms with van der Waals surface area (Å²) < 4.78 is 0. The number of carbonyl (C=O) groups is 2. The van der Waals surface area contributed by atoms with Gasteiger partial charge in [0.1, 0.15) is 0 Å². The second-order valence-electron chi connectivity index (χ2n) is 7.22. The van der Waals surface area contributed by atoms with Crippen LogP contribution >= 0.6 is 0 Å². The molecule has 1 aromatic carbocycles. The maximum atomic E-state index is 11.6. The van der Waals surface area contributed by atoms with Gasteiger partial charge < -0.3 is 10.2 Å². The lowest BCUT2D eigenvalue weighted by atomic mass is 9.45. The first-order valence-electron chi connectivity index (χ1n) is 8.82. The summed E-state index contributed by atoms with van der Waals surface area (Å²) in [5.41, 5.74) is 3.42. The van der Waals surface area contributed by atoms with Gasteiger partial charge in [-0.15, -0.1) is 0 Å². The van der Waals surface area contributed by atoms with Gasteiger partial charge in [0.05, 0.1) is 0 Å². The van der Waals surface area contributed by atoms with Crippen molar-refractivity contribution in [2.45, 2.75) is 37.8 Å². The highest BCUT2D eigenvalue weighted by molar-refractivity contribution is 6.67. The topological polar surface area (TPSA) is 85.2 Å². The van der Waals surface area contributed by atoms with E-state index in [0.717, 1.165) is 38.0 Å². The SMILES string of the molecule is CC1(CCC(=O)NC=O)CNc2cc(N3CCB(C#N)CC3)ccc21. The van der Waals surface area contributed by atoms with Crippen LogP contribution in [-0.2, 0) is 15.0 Å². The number of nitrogens with one attached hydrogen (secondary N) is 2. The third-order valence-corrected chi connectivity index (χ3v) is 5.49. The van der Waals surface area contributed by atoms with Gasteiger partial charge in [-0.05, 0) is 36.8 Å². The van der Waals surface area contributed by atoms with E-state index in [0.29, 0.717) is 19.3 Å². The predicted octanol–water partition coefficient (Wildman–Crippen LogP) is 1.80. The number of fused-ring (bicyclic) bond motifs is 1. The van der Waals surface area contributed by atoms with E-state index in [-0.39, 0.29) is 18.0 Å². The lowest BCUT2D eigenvalue weighted by Gasteiger charge is -2.30. The van der Waals surface area contributed by atoms with Gasteiger partial charge in [-0.25, -0.2) is 5.26 Å². The molecule has 0 bridgehead atoms. The maximum absolute atomic E-state index is 11.6. The summed E-state index contributed by atoms with van der Waals surface area (Å²) in [5.74, 6) is 2.13. The number of nitrogens with zero attached hydrogens (tertiary/aromatic N) is 2. The number of nitriles is 1. The molecule has 1 aromatic rings. The van der Waals surface area contributed by atoms with Crippen molar-refractivity contribution < 1.29 is 9.59 Å². The quantitative estimate of drug-likeness (QED) is 0.632. The molecule has 2 aliphatic heterocycles. The fraction of sp³-hybridized carbons (Fsp3) is 0.500. The molecular weight excluding hydrogens is 315 g/mol. The van der Waals surface area contributed by atoms with Crippen molar-refractivity contribution in [3.05, 3.63) is 23.8 Å². The summed E-state index contributed by atoms with van der Waals surface area (Å²) in [6, 6.07) is 6.47. The van der Waals surface area contributed by atoms with E-state index in [1.807, 2.05) is 0 Å². The third kappa shape index (κ3) is 3.63. The molecule has 1 atom stereocenters. The molecule has 0 saturated carbocycles. The first-order chi connectivity index (χ1) is 12.1. The molecule has 1 saturated heterocycles. The van der Waals surface area contributed by atoms with Crippen LogP contribution in [-0.4, -0.2) is 38.7 Å². The van der Waals surface area contributed by atoms with Crippen LogP contribution in [0.1, 0.15) is 25.3 Å². The molecule has 2 heterocycles. The number of hydrogen-bond acceptors (Lipinski definition) is 5. The molecule has 2 N–H and O–H groups in total. The third-order valence-electron chi connectivity index (χ3n) is 5.49. The van der Waals surface area contributed by atoms with Gasteiger partial charge in [0.25, 0.3) is 6.71 Å². The second-order valence-corrected chi connectivity index (χ2v) is 7.22. The van der Waals surface area contributed by atoms with Gasteiger partial charge in [0, 0.05) is 48.8 Å². The number of benzene rings is 1. The normalized spacial score (nSPS) is 21.9. The monoisotopic (exact) mass is 338 g/mol. The van der Waals surface area contributed by atoms with E-state index in [1.54, 1.807) is 0 Å². The van der Waals surface area contributed by atoms with E-state index in [9.17, 15) is 9.59 Å². The fourth-order valence-electron chi connectivity index (χ4n) is 3.80. The zero-order chi connectivity index (χ0) is 17.9. The highest BCUT2D eigenvalue weighted by Gasteiger charge is 2.35. The van der Waals surface area contributed by atoms with E-state index in [2.05, 4.69) is 46.6 Å². The van der Waals surface area contributed by atoms with Crippen LogP contribution in [0.5, 0.6) is 0 Å². The minimum absolute atomic E-state index is 0.109. The number of rotatable bonds is 5. The molecule has 0 spiro atoms. The van der Waals surface area contributed by atoms with Gasteiger partial charge >= 0.3 is 0 Å². The van der Waals surface area contributed by atoms with Crippen LogP contribution in [0.15, 0.2) is 18.2 Å². The highest BCUT2D eigenvalue weighted by atomic mass is 16.2. The predicted molar refractivity (Wildman–Crippen MR) is 98.9 cm³/mol. The van der Waals surface area contributed by atoms with Crippen molar-refractivity contribution >= 4 is 30.4 Å². The molecule has 0 radical (unpaired) electrons. The van der Waals surface area contributed by atoms with Crippen molar-refractivity contribution in [2.24, 2.45) is 0 Å². The molecule has 2 amide bonds. The summed E-state index contributed by atoms with van der Waals surface area (Å²) in [4.78, 5) is 24.3. The molecule has 1 fully saturated rings. The summed E-state index contributed by atoms with van der Waals surface area (Å²) in [6.45, 7) is 4.96. The van der Waals surface area contributed by atoms with E-state index in [1.165, 1.54) is 11.3 Å². The molecule has 6 nitrogen and oxygen atoms in total. The Bertz CT molecular complexity index is 710. The van der Waals surface area contributed by atoms with Crippen LogP contribution in [0.2, 0.25) is 12.6 Å². The molecule has 7 heteroatoms. The Morgan fingerprint density at radius 1 is 1.48 bits per heavy atom. The largest absolute Gasteiger partial charge is 0.384 e. The summed E-state index contributed by atoms with van der Waals surface area (Å²) in [6.07, 6.45) is 3.31. The molecule has 25 heavy (non-hydrogen) atoms. The van der Waals surface area contributed by atoms with Gasteiger partial charge in [-0.3, -0.25) is 14.9 Å². The van der Waals surface area contributed by atoms with Crippen LogP contribution < -0.4 is 15.5 Å². The lowest BCUT2D eigenvalue weighted by molar-refractivity contribution is -0.125. The van der Waals surface area contributed by atoms with Crippen molar-refractivity contribution in [2.75, 3.05) is 29.9 Å². The summed E-state index contributed by atoms with van der Waals surface area (Å²) in [5, 5.41) is 14.7. The summed E-state index contributed by atoms with van der Waals surface area (Å²) >= 11 is 0. The van der Waals surface area contributed by atoms with Crippen LogP contribution in [0, 0.1) is 11.2 Å². The maximum Gasteiger partial charge on any atom is 0.271 e. The number of hydrogen-bond donors (Lipinski definition) is 2. The highest BCUT2D eigenvalue weighted by Crippen LogP contribution is 2.41. The van der Waals surface area contributed by atoms with E-state index >= 15 is 0 Å². The Labute approximate surface area is 148 Å². The lowest BCUT2D eigenvalue weighted by Crippen LogP contribution is -2.36. The average molecular weight is 338 g/mol.